The maximum atomic E-state index is 12.0. The predicted octanol–water partition coefficient (Wildman–Crippen LogP) is 4.22. The lowest BCUT2D eigenvalue weighted by atomic mass is 10.0. The van der Waals surface area contributed by atoms with Crippen LogP contribution in [0.4, 0.5) is 0 Å². The third kappa shape index (κ3) is 3.86. The van der Waals surface area contributed by atoms with Gasteiger partial charge in [0.25, 0.3) is 0 Å². The monoisotopic (exact) mass is 316 g/mol. The first-order valence-corrected chi connectivity index (χ1v) is 6.34. The minimum atomic E-state index is -1.06. The van der Waals surface area contributed by atoms with Gasteiger partial charge in [-0.1, -0.05) is 24.6 Å². The molecule has 92 valence electrons. The van der Waals surface area contributed by atoms with Crippen LogP contribution in [0.1, 0.15) is 13.8 Å². The van der Waals surface area contributed by atoms with Crippen molar-refractivity contribution in [3.05, 3.63) is 41.9 Å². The first-order valence-electron chi connectivity index (χ1n) is 5.17. The molecule has 0 amide bonds. The van der Waals surface area contributed by atoms with Gasteiger partial charge in [-0.25, -0.2) is 0 Å². The first kappa shape index (κ1) is 14.3. The van der Waals surface area contributed by atoms with Crippen molar-refractivity contribution in [2.75, 3.05) is 0 Å². The van der Waals surface area contributed by atoms with Crippen molar-refractivity contribution in [2.45, 2.75) is 18.4 Å². The van der Waals surface area contributed by atoms with Crippen molar-refractivity contribution in [1.29, 1.82) is 0 Å². The Morgan fingerprint density at radius 3 is 2.53 bits per heavy atom. The number of hydrogen-bond donors (Lipinski definition) is 0. The molecule has 0 bridgehead atoms. The highest BCUT2D eigenvalue weighted by atomic mass is 79.9. The summed E-state index contributed by atoms with van der Waals surface area (Å²) in [6.07, 6.45) is 1.59. The van der Waals surface area contributed by atoms with Crippen molar-refractivity contribution in [3.8, 4) is 5.75 Å². The Hall–Kier alpha value is -0.800. The number of halogens is 2. The first-order chi connectivity index (χ1) is 7.86. The van der Waals surface area contributed by atoms with E-state index in [1.54, 1.807) is 44.2 Å². The van der Waals surface area contributed by atoms with Gasteiger partial charge in [0.05, 0.1) is 0 Å². The summed E-state index contributed by atoms with van der Waals surface area (Å²) < 4.78 is 4.54. The van der Waals surface area contributed by atoms with Crippen molar-refractivity contribution < 1.29 is 9.53 Å². The molecule has 0 saturated heterocycles. The molecule has 2 nitrogen and oxygen atoms in total. The molecule has 0 heterocycles. The van der Waals surface area contributed by atoms with Crippen LogP contribution in [0.25, 0.3) is 0 Å². The topological polar surface area (TPSA) is 26.3 Å². The molecule has 1 aromatic rings. The summed E-state index contributed by atoms with van der Waals surface area (Å²) in [5.41, 5.74) is 0. The minimum Gasteiger partial charge on any atom is -0.469 e. The van der Waals surface area contributed by atoms with Gasteiger partial charge in [-0.15, -0.1) is 6.58 Å². The van der Waals surface area contributed by atoms with Gasteiger partial charge in [0, 0.05) is 10.9 Å². The van der Waals surface area contributed by atoms with E-state index in [-0.39, 0.29) is 11.7 Å². The molecule has 1 rings (SSSR count). The number of ketones is 1. The Kier molecular flexibility index (Phi) is 4.78. The molecule has 2 unspecified atom stereocenters. The van der Waals surface area contributed by atoms with Crippen LogP contribution >= 0.6 is 27.5 Å². The number of hydrogen-bond acceptors (Lipinski definition) is 2. The molecule has 2 atom stereocenters. The summed E-state index contributed by atoms with van der Waals surface area (Å²) in [6, 6.07) is 6.85. The molecule has 0 saturated carbocycles. The zero-order valence-corrected chi connectivity index (χ0v) is 12.1. The van der Waals surface area contributed by atoms with E-state index in [9.17, 15) is 4.79 Å². The standard InChI is InChI=1S/C13H14BrClO2/c1-4-9(2)12(16)13(3,14)17-11-7-5-10(15)6-8-11/h4-9H,1H2,2-3H3. The lowest BCUT2D eigenvalue weighted by Gasteiger charge is -2.24. The molecule has 0 spiro atoms. The van der Waals surface area contributed by atoms with E-state index >= 15 is 0 Å². The minimum absolute atomic E-state index is 0.0811. The fraction of sp³-hybridized carbons (Fsp3) is 0.308. The Balaban J connectivity index is 2.82. The van der Waals surface area contributed by atoms with E-state index in [0.717, 1.165) is 0 Å². The molecule has 0 aliphatic rings. The van der Waals surface area contributed by atoms with Crippen LogP contribution in [0.15, 0.2) is 36.9 Å². The second-order valence-electron chi connectivity index (χ2n) is 3.86. The Bertz CT molecular complexity index is 412. The molecule has 0 fully saturated rings. The second-order valence-corrected chi connectivity index (χ2v) is 5.81. The number of Topliss-reactive ketones (excluding diaryl/α,β-unsaturated/α-hetero) is 1. The normalized spacial score (nSPS) is 15.8. The molecule has 0 N–H and O–H groups in total. The molecule has 17 heavy (non-hydrogen) atoms. The number of ether oxygens (including phenoxy) is 1. The summed E-state index contributed by atoms with van der Waals surface area (Å²) in [4.78, 5) is 12.0. The molecule has 0 radical (unpaired) electrons. The van der Waals surface area contributed by atoms with E-state index in [2.05, 4.69) is 22.5 Å². The number of carbonyl (C=O) groups excluding carboxylic acids is 1. The van der Waals surface area contributed by atoms with E-state index in [1.807, 2.05) is 0 Å². The highest BCUT2D eigenvalue weighted by molar-refractivity contribution is 9.10. The van der Waals surface area contributed by atoms with Gasteiger partial charge in [-0.2, -0.15) is 0 Å². The van der Waals surface area contributed by atoms with Crippen LogP contribution in [-0.4, -0.2) is 10.3 Å². The van der Waals surface area contributed by atoms with Crippen molar-refractivity contribution >= 4 is 33.3 Å². The van der Waals surface area contributed by atoms with E-state index in [1.165, 1.54) is 0 Å². The highest BCUT2D eigenvalue weighted by Gasteiger charge is 2.34. The third-order valence-electron chi connectivity index (χ3n) is 2.33. The van der Waals surface area contributed by atoms with E-state index < -0.39 is 4.51 Å². The number of carbonyl (C=O) groups is 1. The fourth-order valence-corrected chi connectivity index (χ4v) is 1.96. The number of benzene rings is 1. The average molecular weight is 318 g/mol. The number of rotatable bonds is 5. The summed E-state index contributed by atoms with van der Waals surface area (Å²) in [5.74, 6) is 0.229. The second kappa shape index (κ2) is 5.69. The quantitative estimate of drug-likeness (QED) is 0.600. The van der Waals surface area contributed by atoms with Crippen LogP contribution in [0.2, 0.25) is 5.02 Å². The van der Waals surface area contributed by atoms with Crippen LogP contribution in [0, 0.1) is 5.92 Å². The lowest BCUT2D eigenvalue weighted by Crippen LogP contribution is -2.38. The van der Waals surface area contributed by atoms with Crippen LogP contribution in [-0.2, 0) is 4.79 Å². The number of alkyl halides is 1. The number of allylic oxidation sites excluding steroid dienone is 1. The molecular formula is C13H14BrClO2. The van der Waals surface area contributed by atoms with Crippen molar-refractivity contribution in [3.63, 3.8) is 0 Å². The van der Waals surface area contributed by atoms with Gasteiger partial charge in [-0.05, 0) is 47.1 Å². The molecule has 1 aromatic carbocycles. The zero-order chi connectivity index (χ0) is 13.1. The maximum absolute atomic E-state index is 12.0. The van der Waals surface area contributed by atoms with Crippen LogP contribution < -0.4 is 4.74 Å². The van der Waals surface area contributed by atoms with Crippen molar-refractivity contribution in [1.82, 2.24) is 0 Å². The van der Waals surface area contributed by atoms with Gasteiger partial charge in [0.2, 0.25) is 4.51 Å². The summed E-state index contributed by atoms with van der Waals surface area (Å²) in [7, 11) is 0. The SMILES string of the molecule is C=CC(C)C(=O)C(C)(Br)Oc1ccc(Cl)cc1. The Morgan fingerprint density at radius 1 is 1.53 bits per heavy atom. The van der Waals surface area contributed by atoms with Gasteiger partial charge in [0.1, 0.15) is 5.75 Å². The van der Waals surface area contributed by atoms with Crippen LogP contribution in [0.5, 0.6) is 5.75 Å². The largest absolute Gasteiger partial charge is 0.469 e. The Morgan fingerprint density at radius 2 is 2.06 bits per heavy atom. The lowest BCUT2D eigenvalue weighted by molar-refractivity contribution is -0.128. The highest BCUT2D eigenvalue weighted by Crippen LogP contribution is 2.28. The van der Waals surface area contributed by atoms with Gasteiger partial charge >= 0.3 is 0 Å². The van der Waals surface area contributed by atoms with E-state index in [4.69, 9.17) is 16.3 Å². The smallest absolute Gasteiger partial charge is 0.218 e. The van der Waals surface area contributed by atoms with E-state index in [0.29, 0.717) is 10.8 Å². The van der Waals surface area contributed by atoms with Gasteiger partial charge in [0.15, 0.2) is 5.78 Å². The summed E-state index contributed by atoms with van der Waals surface area (Å²) in [6.45, 7) is 7.05. The molecule has 0 aliphatic heterocycles. The average Bonchev–Trinajstić information content (AvgIpc) is 2.30. The summed E-state index contributed by atoms with van der Waals surface area (Å²) in [5, 5.41) is 0.624. The fourth-order valence-electron chi connectivity index (χ4n) is 1.29. The summed E-state index contributed by atoms with van der Waals surface area (Å²) >= 11 is 9.06. The van der Waals surface area contributed by atoms with Crippen molar-refractivity contribution in [2.24, 2.45) is 5.92 Å². The van der Waals surface area contributed by atoms with Gasteiger partial charge in [-0.3, -0.25) is 4.79 Å². The Labute approximate surface area is 115 Å². The molecule has 0 aliphatic carbocycles. The zero-order valence-electron chi connectivity index (χ0n) is 9.74. The van der Waals surface area contributed by atoms with Crippen LogP contribution in [0.3, 0.4) is 0 Å². The third-order valence-corrected chi connectivity index (χ3v) is 3.14. The molecular weight excluding hydrogens is 303 g/mol. The molecule has 0 aromatic heterocycles. The predicted molar refractivity (Wildman–Crippen MR) is 73.8 cm³/mol. The molecule has 4 heteroatoms. The van der Waals surface area contributed by atoms with Gasteiger partial charge < -0.3 is 4.74 Å². The maximum Gasteiger partial charge on any atom is 0.218 e.